The summed E-state index contributed by atoms with van der Waals surface area (Å²) in [5.41, 5.74) is 2.61. The smallest absolute Gasteiger partial charge is 0.264 e. The highest BCUT2D eigenvalue weighted by molar-refractivity contribution is 7.67. The van der Waals surface area contributed by atoms with Crippen LogP contribution < -0.4 is 15.1 Å². The lowest BCUT2D eigenvalue weighted by atomic mass is 10.2. The topological polar surface area (TPSA) is 53.0 Å². The molecule has 0 aromatic heterocycles. The van der Waals surface area contributed by atoms with Gasteiger partial charge in [0, 0.05) is 44.9 Å². The van der Waals surface area contributed by atoms with Crippen LogP contribution in [-0.2, 0) is 9.09 Å². The highest BCUT2D eigenvalue weighted by Gasteiger charge is 2.36. The second-order valence-electron chi connectivity index (χ2n) is 7.05. The van der Waals surface area contributed by atoms with Gasteiger partial charge in [0.15, 0.2) is 5.85 Å². The predicted molar refractivity (Wildman–Crippen MR) is 115 cm³/mol. The van der Waals surface area contributed by atoms with Crippen LogP contribution >= 0.6 is 7.37 Å². The third kappa shape index (κ3) is 5.13. The summed E-state index contributed by atoms with van der Waals surface area (Å²) in [6.45, 7) is 2.41. The summed E-state index contributed by atoms with van der Waals surface area (Å²) >= 11 is 0. The molecule has 0 heterocycles. The Morgan fingerprint density at radius 1 is 0.926 bits per heavy atom. The minimum atomic E-state index is -3.48. The van der Waals surface area contributed by atoms with E-state index in [4.69, 9.17) is 4.52 Å². The van der Waals surface area contributed by atoms with Crippen molar-refractivity contribution in [2.45, 2.75) is 25.6 Å². The first-order valence-corrected chi connectivity index (χ1v) is 11.0. The summed E-state index contributed by atoms with van der Waals surface area (Å²) < 4.78 is 19.6. The summed E-state index contributed by atoms with van der Waals surface area (Å²) in [5.74, 6) is -1.20. The summed E-state index contributed by atoms with van der Waals surface area (Å²) in [6, 6.07) is 14.8. The van der Waals surface area contributed by atoms with Gasteiger partial charge in [0.2, 0.25) is 0 Å². The second kappa shape index (κ2) is 9.41. The van der Waals surface area contributed by atoms with Crippen LogP contribution in [0.5, 0.6) is 0 Å². The lowest BCUT2D eigenvalue weighted by Gasteiger charge is -2.25. The Morgan fingerprint density at radius 3 is 1.85 bits per heavy atom. The number of anilines is 2. The van der Waals surface area contributed by atoms with Gasteiger partial charge in [-0.1, -0.05) is 25.5 Å². The van der Waals surface area contributed by atoms with E-state index in [1.807, 2.05) is 74.4 Å². The molecule has 1 N–H and O–H groups in total. The molecule has 148 valence electrons. The Bertz CT molecular complexity index is 758. The van der Waals surface area contributed by atoms with E-state index in [1.165, 1.54) is 0 Å². The maximum Gasteiger partial charge on any atom is 0.264 e. The highest BCUT2D eigenvalue weighted by Crippen LogP contribution is 2.57. The van der Waals surface area contributed by atoms with Gasteiger partial charge in [-0.3, -0.25) is 4.57 Å². The first-order chi connectivity index (χ1) is 12.8. The zero-order valence-corrected chi connectivity index (χ0v) is 17.8. The van der Waals surface area contributed by atoms with Crippen molar-refractivity contribution >= 4 is 24.0 Å². The number of aliphatic hydroxyl groups is 1. The number of rotatable bonds is 9. The first-order valence-electron chi connectivity index (χ1n) is 9.27. The molecule has 0 spiro atoms. The molecular weight excluding hydrogens is 359 g/mol. The van der Waals surface area contributed by atoms with Crippen molar-refractivity contribution in [3.63, 3.8) is 0 Å². The maximum atomic E-state index is 13.8. The fourth-order valence-corrected chi connectivity index (χ4v) is 4.83. The lowest BCUT2D eigenvalue weighted by molar-refractivity contribution is 0.213. The van der Waals surface area contributed by atoms with Gasteiger partial charge >= 0.3 is 0 Å². The Labute approximate surface area is 163 Å². The number of nitrogens with zero attached hydrogens (tertiary/aromatic N) is 2. The minimum absolute atomic E-state index is 0.357. The fourth-order valence-electron chi connectivity index (χ4n) is 2.73. The first kappa shape index (κ1) is 21.5. The van der Waals surface area contributed by atoms with Crippen LogP contribution in [0, 0.1) is 0 Å². The summed E-state index contributed by atoms with van der Waals surface area (Å²) in [4.78, 5) is 3.95. The van der Waals surface area contributed by atoms with Crippen LogP contribution in [0.3, 0.4) is 0 Å². The Hall–Kier alpha value is -1.81. The van der Waals surface area contributed by atoms with Crippen LogP contribution in [0.25, 0.3) is 0 Å². The highest BCUT2D eigenvalue weighted by atomic mass is 31.2. The predicted octanol–water partition coefficient (Wildman–Crippen LogP) is 4.23. The zero-order chi connectivity index (χ0) is 20.0. The number of aliphatic hydroxyl groups excluding tert-OH is 1. The van der Waals surface area contributed by atoms with Gasteiger partial charge in [-0.05, 0) is 48.4 Å². The molecule has 2 rings (SSSR count). The average Bonchev–Trinajstić information content (AvgIpc) is 2.67. The van der Waals surface area contributed by atoms with Crippen molar-refractivity contribution in [1.82, 2.24) is 0 Å². The van der Waals surface area contributed by atoms with Gasteiger partial charge in [-0.2, -0.15) is 0 Å². The van der Waals surface area contributed by atoms with Crippen molar-refractivity contribution in [3.05, 3.63) is 54.1 Å². The molecule has 0 unspecified atom stereocenters. The van der Waals surface area contributed by atoms with E-state index in [9.17, 15) is 9.67 Å². The largest absolute Gasteiger partial charge is 0.378 e. The van der Waals surface area contributed by atoms with Crippen LogP contribution in [0.1, 0.15) is 31.2 Å². The van der Waals surface area contributed by atoms with E-state index in [2.05, 4.69) is 6.92 Å². The van der Waals surface area contributed by atoms with E-state index >= 15 is 0 Å². The average molecular weight is 390 g/mol. The SMILES string of the molecule is CCCCO[P@@](=O)(c1ccc(N(C)C)cc1)[C@@H](O)c1ccc(N(C)C)cc1. The molecular formula is C21H31N2O3P. The third-order valence-corrected chi connectivity index (χ3v) is 7.06. The van der Waals surface area contributed by atoms with Gasteiger partial charge in [0.1, 0.15) is 0 Å². The van der Waals surface area contributed by atoms with Crippen molar-refractivity contribution in [3.8, 4) is 0 Å². The molecule has 6 heteroatoms. The summed E-state index contributed by atoms with van der Waals surface area (Å²) in [5, 5.41) is 11.5. The van der Waals surface area contributed by atoms with Gasteiger partial charge < -0.3 is 19.4 Å². The molecule has 0 aliphatic carbocycles. The minimum Gasteiger partial charge on any atom is -0.378 e. The molecule has 0 amide bonds. The molecule has 2 aromatic rings. The molecule has 0 saturated carbocycles. The van der Waals surface area contributed by atoms with Gasteiger partial charge in [0.25, 0.3) is 7.37 Å². The summed E-state index contributed by atoms with van der Waals surface area (Å²) in [6.07, 6.45) is 1.74. The standard InChI is InChI=1S/C21H31N2O3P/c1-6-7-16-26-27(25,20-14-12-19(13-15-20)23(4)5)21(24)17-8-10-18(11-9-17)22(2)3/h8-15,21,24H,6-7,16H2,1-5H3/t21-,27+/m1/s1. The molecule has 0 radical (unpaired) electrons. The van der Waals surface area contributed by atoms with E-state index in [0.717, 1.165) is 24.2 Å². The summed E-state index contributed by atoms with van der Waals surface area (Å²) in [7, 11) is 4.33. The Balaban J connectivity index is 2.37. The molecule has 0 aliphatic rings. The van der Waals surface area contributed by atoms with Crippen LogP contribution in [0.4, 0.5) is 11.4 Å². The molecule has 27 heavy (non-hydrogen) atoms. The monoisotopic (exact) mass is 390 g/mol. The van der Waals surface area contributed by atoms with Gasteiger partial charge in [0.05, 0.1) is 6.61 Å². The van der Waals surface area contributed by atoms with Crippen molar-refractivity contribution < 1.29 is 14.2 Å². The van der Waals surface area contributed by atoms with Gasteiger partial charge in [-0.25, -0.2) is 0 Å². The molecule has 5 nitrogen and oxygen atoms in total. The Kier molecular flexibility index (Phi) is 7.49. The zero-order valence-electron chi connectivity index (χ0n) is 16.9. The van der Waals surface area contributed by atoms with Gasteiger partial charge in [-0.15, -0.1) is 0 Å². The molecule has 0 saturated heterocycles. The Morgan fingerprint density at radius 2 is 1.41 bits per heavy atom. The van der Waals surface area contributed by atoms with E-state index < -0.39 is 13.2 Å². The van der Waals surface area contributed by atoms with Crippen LogP contribution in [-0.4, -0.2) is 39.9 Å². The van der Waals surface area contributed by atoms with Crippen LogP contribution in [0.15, 0.2) is 48.5 Å². The lowest BCUT2D eigenvalue weighted by Crippen LogP contribution is -2.16. The molecule has 2 aromatic carbocycles. The van der Waals surface area contributed by atoms with E-state index in [1.54, 1.807) is 12.1 Å². The van der Waals surface area contributed by atoms with Crippen molar-refractivity contribution in [2.75, 3.05) is 44.6 Å². The van der Waals surface area contributed by atoms with Crippen LogP contribution in [0.2, 0.25) is 0 Å². The maximum absolute atomic E-state index is 13.8. The second-order valence-corrected chi connectivity index (χ2v) is 9.51. The quantitative estimate of drug-likeness (QED) is 0.513. The van der Waals surface area contributed by atoms with Crippen molar-refractivity contribution in [2.24, 2.45) is 0 Å². The third-order valence-electron chi connectivity index (χ3n) is 4.54. The van der Waals surface area contributed by atoms with E-state index in [0.29, 0.717) is 17.5 Å². The number of hydrogen-bond acceptors (Lipinski definition) is 5. The van der Waals surface area contributed by atoms with Crippen molar-refractivity contribution in [1.29, 1.82) is 0 Å². The number of unbranched alkanes of at least 4 members (excludes halogenated alkanes) is 1. The number of benzene rings is 2. The molecule has 2 atom stereocenters. The molecule has 0 fully saturated rings. The number of hydrogen-bond donors (Lipinski definition) is 1. The normalized spacial score (nSPS) is 14.4. The van der Waals surface area contributed by atoms with E-state index in [-0.39, 0.29) is 0 Å². The molecule has 0 bridgehead atoms. The molecule has 0 aliphatic heterocycles. The fraction of sp³-hybridized carbons (Fsp3) is 0.429.